The Kier molecular flexibility index (Phi) is 4.81. The van der Waals surface area contributed by atoms with E-state index in [-0.39, 0.29) is 11.3 Å². The van der Waals surface area contributed by atoms with E-state index < -0.39 is 0 Å². The fraction of sp³-hybridized carbons (Fsp3) is 0.174. The average Bonchev–Trinajstić information content (AvgIpc) is 2.62. The zero-order chi connectivity index (χ0) is 18.7. The van der Waals surface area contributed by atoms with Gasteiger partial charge in [0.15, 0.2) is 0 Å². The number of hydrogen-bond acceptors (Lipinski definition) is 2. The largest absolute Gasteiger partial charge is 0.399 e. The summed E-state index contributed by atoms with van der Waals surface area (Å²) in [7, 11) is 0. The second-order valence-electron chi connectivity index (χ2n) is 7.48. The van der Waals surface area contributed by atoms with Gasteiger partial charge in [-0.3, -0.25) is 4.79 Å². The van der Waals surface area contributed by atoms with E-state index in [0.29, 0.717) is 5.56 Å². The summed E-state index contributed by atoms with van der Waals surface area (Å²) in [6.07, 6.45) is 0. The van der Waals surface area contributed by atoms with Crippen LogP contribution in [0.3, 0.4) is 0 Å². The SMILES string of the molecule is CC(C)(C)c1ccc(C(=O)Nc2ccc(-c3ccc(N)cc3)cc2)cc1. The van der Waals surface area contributed by atoms with E-state index in [1.165, 1.54) is 5.56 Å². The molecule has 0 saturated heterocycles. The van der Waals surface area contributed by atoms with E-state index >= 15 is 0 Å². The van der Waals surface area contributed by atoms with Crippen molar-refractivity contribution in [1.29, 1.82) is 0 Å². The molecule has 0 radical (unpaired) electrons. The zero-order valence-electron chi connectivity index (χ0n) is 15.4. The van der Waals surface area contributed by atoms with Gasteiger partial charge in [0, 0.05) is 16.9 Å². The van der Waals surface area contributed by atoms with Crippen LogP contribution in [-0.4, -0.2) is 5.91 Å². The second-order valence-corrected chi connectivity index (χ2v) is 7.48. The summed E-state index contributed by atoms with van der Waals surface area (Å²) in [5.41, 5.74) is 11.4. The van der Waals surface area contributed by atoms with Crippen molar-refractivity contribution in [2.45, 2.75) is 26.2 Å². The lowest BCUT2D eigenvalue weighted by Crippen LogP contribution is -2.14. The van der Waals surface area contributed by atoms with E-state index in [2.05, 4.69) is 26.1 Å². The topological polar surface area (TPSA) is 55.1 Å². The third-order valence-corrected chi connectivity index (χ3v) is 4.40. The predicted octanol–water partition coefficient (Wildman–Crippen LogP) is 5.49. The summed E-state index contributed by atoms with van der Waals surface area (Å²) in [6.45, 7) is 6.47. The Morgan fingerprint density at radius 3 is 1.77 bits per heavy atom. The number of carbonyl (C=O) groups is 1. The van der Waals surface area contributed by atoms with Crippen LogP contribution < -0.4 is 11.1 Å². The lowest BCUT2D eigenvalue weighted by molar-refractivity contribution is 0.102. The number of nitrogen functional groups attached to an aromatic ring is 1. The van der Waals surface area contributed by atoms with Gasteiger partial charge in [0.1, 0.15) is 0 Å². The predicted molar refractivity (Wildman–Crippen MR) is 109 cm³/mol. The van der Waals surface area contributed by atoms with E-state index in [9.17, 15) is 4.79 Å². The molecule has 0 fully saturated rings. The van der Waals surface area contributed by atoms with Gasteiger partial charge in [-0.2, -0.15) is 0 Å². The summed E-state index contributed by atoms with van der Waals surface area (Å²) in [5, 5.41) is 2.95. The van der Waals surface area contributed by atoms with Crippen LogP contribution in [0.25, 0.3) is 11.1 Å². The molecule has 3 heteroatoms. The Balaban J connectivity index is 1.70. The number of amides is 1. The quantitative estimate of drug-likeness (QED) is 0.618. The first-order valence-electron chi connectivity index (χ1n) is 8.71. The standard InChI is InChI=1S/C23H24N2O/c1-23(2,3)19-10-4-18(5-11-19)22(26)25-21-14-8-17(9-15-21)16-6-12-20(24)13-7-16/h4-15H,24H2,1-3H3,(H,25,26). The number of carbonyl (C=O) groups excluding carboxylic acids is 1. The van der Waals surface area contributed by atoms with Crippen LogP contribution >= 0.6 is 0 Å². The molecule has 26 heavy (non-hydrogen) atoms. The molecule has 0 heterocycles. The second kappa shape index (κ2) is 7.04. The molecule has 132 valence electrons. The van der Waals surface area contributed by atoms with E-state index in [1.54, 1.807) is 0 Å². The molecular formula is C23H24N2O. The first-order valence-corrected chi connectivity index (χ1v) is 8.71. The van der Waals surface area contributed by atoms with E-state index in [4.69, 9.17) is 5.73 Å². The Morgan fingerprint density at radius 2 is 1.27 bits per heavy atom. The van der Waals surface area contributed by atoms with Gasteiger partial charge in [-0.05, 0) is 58.5 Å². The van der Waals surface area contributed by atoms with Crippen LogP contribution in [0, 0.1) is 0 Å². The number of rotatable bonds is 3. The van der Waals surface area contributed by atoms with Crippen LogP contribution in [0.1, 0.15) is 36.7 Å². The van der Waals surface area contributed by atoms with Crippen molar-refractivity contribution in [1.82, 2.24) is 0 Å². The fourth-order valence-corrected chi connectivity index (χ4v) is 2.75. The fourth-order valence-electron chi connectivity index (χ4n) is 2.75. The molecule has 0 atom stereocenters. The Hall–Kier alpha value is -3.07. The monoisotopic (exact) mass is 344 g/mol. The van der Waals surface area contributed by atoms with Gasteiger partial charge in [0.05, 0.1) is 0 Å². The van der Waals surface area contributed by atoms with Crippen molar-refractivity contribution in [3.8, 4) is 11.1 Å². The highest BCUT2D eigenvalue weighted by Crippen LogP contribution is 2.24. The van der Waals surface area contributed by atoms with Gasteiger partial charge in [-0.15, -0.1) is 0 Å². The normalized spacial score (nSPS) is 11.2. The minimum Gasteiger partial charge on any atom is -0.399 e. The first-order chi connectivity index (χ1) is 12.3. The summed E-state index contributed by atoms with van der Waals surface area (Å²) in [6, 6.07) is 23.3. The molecule has 0 unspecified atom stereocenters. The zero-order valence-corrected chi connectivity index (χ0v) is 15.4. The lowest BCUT2D eigenvalue weighted by Gasteiger charge is -2.19. The summed E-state index contributed by atoms with van der Waals surface area (Å²) >= 11 is 0. The highest BCUT2D eigenvalue weighted by Gasteiger charge is 2.14. The Bertz CT molecular complexity index is 887. The van der Waals surface area contributed by atoms with Crippen molar-refractivity contribution in [3.63, 3.8) is 0 Å². The molecule has 0 aliphatic rings. The highest BCUT2D eigenvalue weighted by atomic mass is 16.1. The van der Waals surface area contributed by atoms with Crippen molar-refractivity contribution < 1.29 is 4.79 Å². The van der Waals surface area contributed by atoms with Gasteiger partial charge < -0.3 is 11.1 Å². The third kappa shape index (κ3) is 4.12. The van der Waals surface area contributed by atoms with Gasteiger partial charge in [-0.1, -0.05) is 57.2 Å². The molecule has 3 nitrogen and oxygen atoms in total. The van der Waals surface area contributed by atoms with E-state index in [0.717, 1.165) is 22.5 Å². The van der Waals surface area contributed by atoms with Gasteiger partial charge >= 0.3 is 0 Å². The summed E-state index contributed by atoms with van der Waals surface area (Å²) in [5.74, 6) is -0.106. The average molecular weight is 344 g/mol. The maximum absolute atomic E-state index is 12.4. The number of nitrogens with one attached hydrogen (secondary N) is 1. The van der Waals surface area contributed by atoms with Crippen LogP contribution in [-0.2, 0) is 5.41 Å². The van der Waals surface area contributed by atoms with E-state index in [1.807, 2.05) is 72.8 Å². The lowest BCUT2D eigenvalue weighted by atomic mass is 9.87. The molecule has 0 bridgehead atoms. The molecule has 3 N–H and O–H groups in total. The number of benzene rings is 3. The molecule has 0 aliphatic heterocycles. The minimum absolute atomic E-state index is 0.0763. The van der Waals surface area contributed by atoms with Crippen LogP contribution in [0.15, 0.2) is 72.8 Å². The maximum Gasteiger partial charge on any atom is 0.255 e. The highest BCUT2D eigenvalue weighted by molar-refractivity contribution is 6.04. The van der Waals surface area contributed by atoms with Crippen LogP contribution in [0.2, 0.25) is 0 Å². The van der Waals surface area contributed by atoms with Gasteiger partial charge in [0.25, 0.3) is 5.91 Å². The minimum atomic E-state index is -0.106. The van der Waals surface area contributed by atoms with Crippen molar-refractivity contribution in [2.24, 2.45) is 0 Å². The molecule has 3 aromatic rings. The molecule has 0 saturated carbocycles. The molecule has 0 aliphatic carbocycles. The number of anilines is 2. The first kappa shape index (κ1) is 17.7. The van der Waals surface area contributed by atoms with Crippen molar-refractivity contribution in [3.05, 3.63) is 83.9 Å². The molecule has 3 aromatic carbocycles. The van der Waals surface area contributed by atoms with Gasteiger partial charge in [-0.25, -0.2) is 0 Å². The van der Waals surface area contributed by atoms with Crippen LogP contribution in [0.4, 0.5) is 11.4 Å². The maximum atomic E-state index is 12.4. The van der Waals surface area contributed by atoms with Crippen molar-refractivity contribution in [2.75, 3.05) is 11.1 Å². The third-order valence-electron chi connectivity index (χ3n) is 4.40. The molecule has 3 rings (SSSR count). The summed E-state index contributed by atoms with van der Waals surface area (Å²) < 4.78 is 0. The molecule has 0 spiro atoms. The molecule has 1 amide bonds. The number of hydrogen-bond donors (Lipinski definition) is 2. The smallest absolute Gasteiger partial charge is 0.255 e. The van der Waals surface area contributed by atoms with Gasteiger partial charge in [0.2, 0.25) is 0 Å². The summed E-state index contributed by atoms with van der Waals surface area (Å²) in [4.78, 5) is 12.4. The van der Waals surface area contributed by atoms with Crippen molar-refractivity contribution >= 4 is 17.3 Å². The Morgan fingerprint density at radius 1 is 0.769 bits per heavy atom. The number of nitrogens with two attached hydrogens (primary N) is 1. The molecular weight excluding hydrogens is 320 g/mol. The van der Waals surface area contributed by atoms with Crippen LogP contribution in [0.5, 0.6) is 0 Å². The molecule has 0 aromatic heterocycles. The Labute approximate surface area is 154 Å².